The van der Waals surface area contributed by atoms with E-state index in [4.69, 9.17) is 0 Å². The highest BCUT2D eigenvalue weighted by Gasteiger charge is 1.94. The lowest BCUT2D eigenvalue weighted by Gasteiger charge is -2.08. The first-order chi connectivity index (χ1) is 7.81. The lowest BCUT2D eigenvalue weighted by molar-refractivity contribution is 0.570. The van der Waals surface area contributed by atoms with Gasteiger partial charge in [0.25, 0.3) is 0 Å². The number of rotatable bonds is 11. The minimum Gasteiger partial charge on any atom is -0.311 e. The maximum atomic E-state index is 3.55. The zero-order valence-electron chi connectivity index (χ0n) is 11.6. The van der Waals surface area contributed by atoms with Gasteiger partial charge in [0.15, 0.2) is 0 Å². The topological polar surface area (TPSA) is 12.0 Å². The molecule has 0 saturated heterocycles. The fourth-order valence-corrected chi connectivity index (χ4v) is 1.76. The summed E-state index contributed by atoms with van der Waals surface area (Å²) >= 11 is 0. The molecule has 0 aromatic rings. The molecule has 0 radical (unpaired) electrons. The molecule has 1 heteroatoms. The summed E-state index contributed by atoms with van der Waals surface area (Å²) in [6, 6.07) is 0.545. The number of hydrogen-bond donors (Lipinski definition) is 1. The van der Waals surface area contributed by atoms with Crippen LogP contribution in [0.15, 0.2) is 12.2 Å². The van der Waals surface area contributed by atoms with Crippen molar-refractivity contribution in [1.82, 2.24) is 5.32 Å². The summed E-state index contributed by atoms with van der Waals surface area (Å²) in [5.41, 5.74) is 0. The van der Waals surface area contributed by atoms with E-state index in [0.29, 0.717) is 6.04 Å². The summed E-state index contributed by atoms with van der Waals surface area (Å²) in [4.78, 5) is 0. The number of unbranched alkanes of at least 4 members (excludes halogenated alkanes) is 6. The van der Waals surface area contributed by atoms with Crippen molar-refractivity contribution >= 4 is 0 Å². The van der Waals surface area contributed by atoms with Gasteiger partial charge in [0.2, 0.25) is 0 Å². The van der Waals surface area contributed by atoms with Crippen LogP contribution in [0.3, 0.4) is 0 Å². The van der Waals surface area contributed by atoms with Crippen LogP contribution in [-0.4, -0.2) is 12.6 Å². The minimum atomic E-state index is 0.545. The van der Waals surface area contributed by atoms with Crippen molar-refractivity contribution in [1.29, 1.82) is 0 Å². The third-order valence-electron chi connectivity index (χ3n) is 2.90. The molecule has 0 rings (SSSR count). The predicted octanol–water partition coefficient (Wildman–Crippen LogP) is 4.68. The Hall–Kier alpha value is -0.300. The van der Waals surface area contributed by atoms with E-state index < -0.39 is 0 Å². The van der Waals surface area contributed by atoms with E-state index in [1.165, 1.54) is 57.9 Å². The molecule has 1 nitrogen and oxygen atoms in total. The van der Waals surface area contributed by atoms with Gasteiger partial charge >= 0.3 is 0 Å². The lowest BCUT2D eigenvalue weighted by atomic mass is 10.1. The van der Waals surface area contributed by atoms with Crippen LogP contribution in [0.5, 0.6) is 0 Å². The largest absolute Gasteiger partial charge is 0.311 e. The zero-order chi connectivity index (χ0) is 12.1. The van der Waals surface area contributed by atoms with Crippen LogP contribution in [0, 0.1) is 0 Å². The zero-order valence-corrected chi connectivity index (χ0v) is 11.6. The molecule has 1 unspecified atom stereocenters. The second-order valence-electron chi connectivity index (χ2n) is 4.73. The van der Waals surface area contributed by atoms with E-state index in [2.05, 4.69) is 38.2 Å². The average molecular weight is 225 g/mol. The highest BCUT2D eigenvalue weighted by Crippen LogP contribution is 2.01. The Morgan fingerprint density at radius 1 is 0.938 bits per heavy atom. The van der Waals surface area contributed by atoms with Crippen molar-refractivity contribution in [3.05, 3.63) is 12.2 Å². The molecule has 16 heavy (non-hydrogen) atoms. The Balaban J connectivity index is 3.25. The van der Waals surface area contributed by atoms with Gasteiger partial charge in [-0.25, -0.2) is 0 Å². The smallest absolute Gasteiger partial charge is 0.0221 e. The molecular weight excluding hydrogens is 194 g/mol. The van der Waals surface area contributed by atoms with Crippen molar-refractivity contribution in [3.63, 3.8) is 0 Å². The Kier molecular flexibility index (Phi) is 12.5. The van der Waals surface area contributed by atoms with Gasteiger partial charge in [-0.1, -0.05) is 58.1 Å². The van der Waals surface area contributed by atoms with Gasteiger partial charge in [-0.2, -0.15) is 0 Å². The molecule has 0 aliphatic rings. The number of allylic oxidation sites excluding steroid dienone is 1. The monoisotopic (exact) mass is 225 g/mol. The second kappa shape index (κ2) is 12.8. The second-order valence-corrected chi connectivity index (χ2v) is 4.73. The SMILES string of the molecule is CCCCCC=CC(C)NCCCCCC. The molecule has 0 aliphatic heterocycles. The van der Waals surface area contributed by atoms with E-state index in [0.717, 1.165) is 0 Å². The van der Waals surface area contributed by atoms with Gasteiger partial charge in [0.1, 0.15) is 0 Å². The summed E-state index contributed by atoms with van der Waals surface area (Å²) in [5, 5.41) is 3.55. The molecule has 1 atom stereocenters. The Labute approximate surface area is 103 Å². The maximum absolute atomic E-state index is 3.55. The van der Waals surface area contributed by atoms with Crippen LogP contribution in [0.2, 0.25) is 0 Å². The van der Waals surface area contributed by atoms with E-state index in [1.807, 2.05) is 0 Å². The molecule has 0 fully saturated rings. The molecule has 0 bridgehead atoms. The highest BCUT2D eigenvalue weighted by molar-refractivity contribution is 4.90. The molecule has 96 valence electrons. The van der Waals surface area contributed by atoms with E-state index in [9.17, 15) is 0 Å². The van der Waals surface area contributed by atoms with Crippen molar-refractivity contribution in [2.24, 2.45) is 0 Å². The maximum Gasteiger partial charge on any atom is 0.0221 e. The van der Waals surface area contributed by atoms with Crippen LogP contribution in [0.25, 0.3) is 0 Å². The fourth-order valence-electron chi connectivity index (χ4n) is 1.76. The molecule has 0 aromatic heterocycles. The Bertz CT molecular complexity index is 152. The van der Waals surface area contributed by atoms with Gasteiger partial charge in [-0.15, -0.1) is 0 Å². The fraction of sp³-hybridized carbons (Fsp3) is 0.867. The predicted molar refractivity (Wildman–Crippen MR) is 74.9 cm³/mol. The average Bonchev–Trinajstić information content (AvgIpc) is 2.28. The molecule has 0 heterocycles. The first-order valence-corrected chi connectivity index (χ1v) is 7.21. The highest BCUT2D eigenvalue weighted by atomic mass is 14.9. The Morgan fingerprint density at radius 2 is 1.62 bits per heavy atom. The van der Waals surface area contributed by atoms with Gasteiger partial charge in [0.05, 0.1) is 0 Å². The quantitative estimate of drug-likeness (QED) is 0.397. The Morgan fingerprint density at radius 3 is 2.31 bits per heavy atom. The summed E-state index contributed by atoms with van der Waals surface area (Å²) < 4.78 is 0. The van der Waals surface area contributed by atoms with Gasteiger partial charge in [-0.05, 0) is 32.7 Å². The lowest BCUT2D eigenvalue weighted by Crippen LogP contribution is -2.24. The summed E-state index contributed by atoms with van der Waals surface area (Å²) in [7, 11) is 0. The first kappa shape index (κ1) is 15.7. The molecule has 0 saturated carbocycles. The third kappa shape index (κ3) is 11.8. The van der Waals surface area contributed by atoms with E-state index >= 15 is 0 Å². The summed E-state index contributed by atoms with van der Waals surface area (Å²) in [6.07, 6.45) is 15.3. The standard InChI is InChI=1S/C15H31N/c1-4-6-8-10-11-13-15(3)16-14-12-9-7-5-2/h11,13,15-16H,4-10,12,14H2,1-3H3. The van der Waals surface area contributed by atoms with Crippen molar-refractivity contribution in [2.45, 2.75) is 78.2 Å². The van der Waals surface area contributed by atoms with Crippen LogP contribution in [0.4, 0.5) is 0 Å². The first-order valence-electron chi connectivity index (χ1n) is 7.21. The molecule has 0 aliphatic carbocycles. The number of nitrogens with one attached hydrogen (secondary N) is 1. The van der Waals surface area contributed by atoms with Gasteiger partial charge in [-0.3, -0.25) is 0 Å². The van der Waals surface area contributed by atoms with E-state index in [-0.39, 0.29) is 0 Å². The third-order valence-corrected chi connectivity index (χ3v) is 2.90. The van der Waals surface area contributed by atoms with Crippen LogP contribution >= 0.6 is 0 Å². The van der Waals surface area contributed by atoms with Crippen molar-refractivity contribution < 1.29 is 0 Å². The summed E-state index contributed by atoms with van der Waals surface area (Å²) in [6.45, 7) is 7.93. The van der Waals surface area contributed by atoms with E-state index in [1.54, 1.807) is 0 Å². The van der Waals surface area contributed by atoms with Gasteiger partial charge < -0.3 is 5.32 Å². The minimum absolute atomic E-state index is 0.545. The van der Waals surface area contributed by atoms with Crippen LogP contribution in [0.1, 0.15) is 72.1 Å². The van der Waals surface area contributed by atoms with Crippen molar-refractivity contribution in [2.75, 3.05) is 6.54 Å². The molecular formula is C15H31N. The van der Waals surface area contributed by atoms with Gasteiger partial charge in [0, 0.05) is 6.04 Å². The van der Waals surface area contributed by atoms with Crippen LogP contribution < -0.4 is 5.32 Å². The summed E-state index contributed by atoms with van der Waals surface area (Å²) in [5.74, 6) is 0. The molecule has 0 aromatic carbocycles. The number of hydrogen-bond acceptors (Lipinski definition) is 1. The molecule has 0 amide bonds. The van der Waals surface area contributed by atoms with Crippen molar-refractivity contribution in [3.8, 4) is 0 Å². The molecule has 1 N–H and O–H groups in total. The normalized spacial score (nSPS) is 13.4. The molecule has 0 spiro atoms. The van der Waals surface area contributed by atoms with Crippen LogP contribution in [-0.2, 0) is 0 Å².